The SMILES string of the molecule is CC(C)C(=O)N1CCC(NCC2CCCCN2C)CC1. The van der Waals surface area contributed by atoms with E-state index in [-0.39, 0.29) is 5.92 Å². The summed E-state index contributed by atoms with van der Waals surface area (Å²) in [7, 11) is 2.25. The molecule has 0 bridgehead atoms. The molecule has 0 aromatic heterocycles. The van der Waals surface area contributed by atoms with Crippen LogP contribution >= 0.6 is 0 Å². The number of likely N-dealkylation sites (tertiary alicyclic amines) is 2. The molecule has 0 saturated carbocycles. The molecule has 2 rings (SSSR count). The Morgan fingerprint density at radius 3 is 2.45 bits per heavy atom. The summed E-state index contributed by atoms with van der Waals surface area (Å²) in [6, 6.07) is 1.31. The van der Waals surface area contributed by atoms with Crippen molar-refractivity contribution < 1.29 is 4.79 Å². The maximum absolute atomic E-state index is 12.0. The van der Waals surface area contributed by atoms with Crippen molar-refractivity contribution in [1.29, 1.82) is 0 Å². The van der Waals surface area contributed by atoms with Crippen molar-refractivity contribution >= 4 is 5.91 Å². The molecule has 4 heteroatoms. The Hall–Kier alpha value is -0.610. The molecule has 0 spiro atoms. The van der Waals surface area contributed by atoms with Crippen molar-refractivity contribution in [3.05, 3.63) is 0 Å². The van der Waals surface area contributed by atoms with E-state index in [0.717, 1.165) is 32.5 Å². The first-order valence-electron chi connectivity index (χ1n) is 8.30. The van der Waals surface area contributed by atoms with Gasteiger partial charge in [0.1, 0.15) is 0 Å². The van der Waals surface area contributed by atoms with E-state index in [9.17, 15) is 4.79 Å². The van der Waals surface area contributed by atoms with E-state index in [0.29, 0.717) is 18.0 Å². The Morgan fingerprint density at radius 1 is 1.15 bits per heavy atom. The van der Waals surface area contributed by atoms with Gasteiger partial charge in [-0.05, 0) is 39.3 Å². The second-order valence-electron chi connectivity index (χ2n) is 6.79. The van der Waals surface area contributed by atoms with Gasteiger partial charge in [0.05, 0.1) is 0 Å². The molecule has 2 aliphatic heterocycles. The lowest BCUT2D eigenvalue weighted by Crippen LogP contribution is -2.50. The van der Waals surface area contributed by atoms with Crippen molar-refractivity contribution in [3.8, 4) is 0 Å². The molecule has 0 aliphatic carbocycles. The molecule has 2 fully saturated rings. The van der Waals surface area contributed by atoms with Crippen LogP contribution in [0.15, 0.2) is 0 Å². The van der Waals surface area contributed by atoms with Gasteiger partial charge in [-0.25, -0.2) is 0 Å². The molecule has 116 valence electrons. The van der Waals surface area contributed by atoms with Crippen molar-refractivity contribution in [2.45, 2.75) is 58.0 Å². The summed E-state index contributed by atoms with van der Waals surface area (Å²) in [5, 5.41) is 3.73. The maximum Gasteiger partial charge on any atom is 0.225 e. The van der Waals surface area contributed by atoms with Crippen LogP contribution in [0.1, 0.15) is 46.0 Å². The quantitative estimate of drug-likeness (QED) is 0.852. The molecule has 1 amide bonds. The third-order valence-electron chi connectivity index (χ3n) is 4.86. The lowest BCUT2D eigenvalue weighted by Gasteiger charge is -2.37. The molecular formula is C16H31N3O. The molecule has 0 aromatic rings. The molecule has 0 radical (unpaired) electrons. The summed E-state index contributed by atoms with van der Waals surface area (Å²) >= 11 is 0. The van der Waals surface area contributed by atoms with Gasteiger partial charge in [0.25, 0.3) is 0 Å². The van der Waals surface area contributed by atoms with E-state index in [1.54, 1.807) is 0 Å². The molecule has 4 nitrogen and oxygen atoms in total. The fourth-order valence-electron chi connectivity index (χ4n) is 3.37. The Labute approximate surface area is 123 Å². The first-order valence-corrected chi connectivity index (χ1v) is 8.30. The monoisotopic (exact) mass is 281 g/mol. The standard InChI is InChI=1S/C16H31N3O/c1-13(2)16(20)19-10-7-14(8-11-19)17-12-15-6-4-5-9-18(15)3/h13-15,17H,4-12H2,1-3H3. The predicted octanol–water partition coefficient (Wildman–Crippen LogP) is 1.71. The van der Waals surface area contributed by atoms with Crippen LogP contribution in [0.4, 0.5) is 0 Å². The fourth-order valence-corrected chi connectivity index (χ4v) is 3.37. The first kappa shape index (κ1) is 15.8. The number of carbonyl (C=O) groups is 1. The second kappa shape index (κ2) is 7.41. The number of nitrogens with one attached hydrogen (secondary N) is 1. The average molecular weight is 281 g/mol. The van der Waals surface area contributed by atoms with Crippen LogP contribution < -0.4 is 5.32 Å². The van der Waals surface area contributed by atoms with Gasteiger partial charge in [-0.3, -0.25) is 4.79 Å². The summed E-state index contributed by atoms with van der Waals surface area (Å²) in [4.78, 5) is 16.5. The highest BCUT2D eigenvalue weighted by Gasteiger charge is 2.25. The molecular weight excluding hydrogens is 250 g/mol. The largest absolute Gasteiger partial charge is 0.342 e. The van der Waals surface area contributed by atoms with Crippen LogP contribution in [0.3, 0.4) is 0 Å². The molecule has 0 aromatic carbocycles. The van der Waals surface area contributed by atoms with E-state index in [2.05, 4.69) is 17.3 Å². The van der Waals surface area contributed by atoms with Gasteiger partial charge in [0, 0.05) is 37.6 Å². The van der Waals surface area contributed by atoms with Gasteiger partial charge in [-0.1, -0.05) is 20.3 Å². The molecule has 1 unspecified atom stereocenters. The Balaban J connectivity index is 1.68. The van der Waals surface area contributed by atoms with Crippen molar-refractivity contribution in [1.82, 2.24) is 15.1 Å². The van der Waals surface area contributed by atoms with Gasteiger partial charge in [-0.15, -0.1) is 0 Å². The zero-order valence-corrected chi connectivity index (χ0v) is 13.4. The van der Waals surface area contributed by atoms with Crippen LogP contribution in [0.5, 0.6) is 0 Å². The number of rotatable bonds is 4. The molecule has 1 atom stereocenters. The third-order valence-corrected chi connectivity index (χ3v) is 4.86. The third kappa shape index (κ3) is 4.19. The molecule has 2 aliphatic rings. The minimum absolute atomic E-state index is 0.135. The molecule has 1 N–H and O–H groups in total. The fraction of sp³-hybridized carbons (Fsp3) is 0.938. The second-order valence-corrected chi connectivity index (χ2v) is 6.79. The highest BCUT2D eigenvalue weighted by Crippen LogP contribution is 2.16. The van der Waals surface area contributed by atoms with Crippen molar-refractivity contribution in [2.24, 2.45) is 5.92 Å². The Morgan fingerprint density at radius 2 is 1.85 bits per heavy atom. The van der Waals surface area contributed by atoms with E-state index < -0.39 is 0 Å². The minimum Gasteiger partial charge on any atom is -0.342 e. The van der Waals surface area contributed by atoms with E-state index in [1.807, 2.05) is 18.7 Å². The summed E-state index contributed by atoms with van der Waals surface area (Å²) in [5.41, 5.74) is 0. The number of nitrogens with zero attached hydrogens (tertiary/aromatic N) is 2. The van der Waals surface area contributed by atoms with Crippen molar-refractivity contribution in [3.63, 3.8) is 0 Å². The number of carbonyl (C=O) groups excluding carboxylic acids is 1. The van der Waals surface area contributed by atoms with Gasteiger partial charge < -0.3 is 15.1 Å². The van der Waals surface area contributed by atoms with Crippen LogP contribution in [0.25, 0.3) is 0 Å². The highest BCUT2D eigenvalue weighted by atomic mass is 16.2. The van der Waals surface area contributed by atoms with Gasteiger partial charge in [0.15, 0.2) is 0 Å². The first-order chi connectivity index (χ1) is 9.58. The summed E-state index contributed by atoms with van der Waals surface area (Å²) in [5.74, 6) is 0.450. The number of hydrogen-bond donors (Lipinski definition) is 1. The summed E-state index contributed by atoms with van der Waals surface area (Å²) in [6.07, 6.45) is 6.26. The number of hydrogen-bond acceptors (Lipinski definition) is 3. The average Bonchev–Trinajstić information content (AvgIpc) is 2.46. The Kier molecular flexibility index (Phi) is 5.85. The van der Waals surface area contributed by atoms with E-state index in [4.69, 9.17) is 0 Å². The maximum atomic E-state index is 12.0. The molecule has 2 heterocycles. The van der Waals surface area contributed by atoms with Crippen LogP contribution in [-0.2, 0) is 4.79 Å². The normalized spacial score (nSPS) is 26.2. The molecule has 2 saturated heterocycles. The minimum atomic E-state index is 0.135. The van der Waals surface area contributed by atoms with Crippen LogP contribution in [0.2, 0.25) is 0 Å². The zero-order valence-electron chi connectivity index (χ0n) is 13.4. The number of likely N-dealkylation sites (N-methyl/N-ethyl adjacent to an activating group) is 1. The zero-order chi connectivity index (χ0) is 14.5. The Bertz CT molecular complexity index is 311. The van der Waals surface area contributed by atoms with Crippen LogP contribution in [-0.4, -0.2) is 61.0 Å². The van der Waals surface area contributed by atoms with Crippen LogP contribution in [0, 0.1) is 5.92 Å². The summed E-state index contributed by atoms with van der Waals surface area (Å²) < 4.78 is 0. The lowest BCUT2D eigenvalue weighted by atomic mass is 10.00. The van der Waals surface area contributed by atoms with Crippen molar-refractivity contribution in [2.75, 3.05) is 33.2 Å². The van der Waals surface area contributed by atoms with Gasteiger partial charge >= 0.3 is 0 Å². The lowest BCUT2D eigenvalue weighted by molar-refractivity contribution is -0.135. The smallest absolute Gasteiger partial charge is 0.225 e. The van der Waals surface area contributed by atoms with Gasteiger partial charge in [-0.2, -0.15) is 0 Å². The number of amides is 1. The van der Waals surface area contributed by atoms with Gasteiger partial charge in [0.2, 0.25) is 5.91 Å². The van der Waals surface area contributed by atoms with E-state index >= 15 is 0 Å². The summed E-state index contributed by atoms with van der Waals surface area (Å²) in [6.45, 7) is 8.19. The molecule has 20 heavy (non-hydrogen) atoms. The predicted molar refractivity (Wildman–Crippen MR) is 82.7 cm³/mol. The topological polar surface area (TPSA) is 35.6 Å². The van der Waals surface area contributed by atoms with E-state index in [1.165, 1.54) is 25.8 Å². The highest BCUT2D eigenvalue weighted by molar-refractivity contribution is 5.78. The number of piperidine rings is 2.